The van der Waals surface area contributed by atoms with Crippen LogP contribution in [0.3, 0.4) is 0 Å². The maximum atomic E-state index is 5.65. The number of halogens is 1. The molecule has 4 heteroatoms. The van der Waals surface area contributed by atoms with Gasteiger partial charge in [-0.1, -0.05) is 6.07 Å². The van der Waals surface area contributed by atoms with Crippen molar-refractivity contribution < 1.29 is 4.74 Å². The molecule has 1 saturated heterocycles. The fraction of sp³-hybridized carbons (Fsp3) is 0.571. The van der Waals surface area contributed by atoms with Crippen molar-refractivity contribution in [1.29, 1.82) is 0 Å². The first kappa shape index (κ1) is 14.4. The van der Waals surface area contributed by atoms with Gasteiger partial charge in [-0.05, 0) is 60.4 Å². The molecule has 2 atom stereocenters. The number of benzene rings is 1. The van der Waals surface area contributed by atoms with Crippen molar-refractivity contribution in [3.63, 3.8) is 0 Å². The van der Waals surface area contributed by atoms with E-state index in [9.17, 15) is 0 Å². The molecule has 0 spiro atoms. The number of hydrogen-bond acceptors (Lipinski definition) is 3. The molecule has 0 aromatic heterocycles. The summed E-state index contributed by atoms with van der Waals surface area (Å²) in [6, 6.07) is 6.99. The van der Waals surface area contributed by atoms with E-state index < -0.39 is 0 Å². The molecule has 1 aromatic carbocycles. The van der Waals surface area contributed by atoms with E-state index in [1.165, 1.54) is 27.8 Å². The number of hydrogen-bond donors (Lipinski definition) is 1. The summed E-state index contributed by atoms with van der Waals surface area (Å²) in [6.45, 7) is 3.10. The Morgan fingerprint density at radius 2 is 2.39 bits per heavy atom. The fourth-order valence-electron chi connectivity index (χ4n) is 2.03. The monoisotopic (exact) mass is 329 g/mol. The Morgan fingerprint density at radius 1 is 1.56 bits per heavy atom. The van der Waals surface area contributed by atoms with Gasteiger partial charge in [-0.25, -0.2) is 0 Å². The first-order valence-corrected chi connectivity index (χ1v) is 8.19. The van der Waals surface area contributed by atoms with Crippen LogP contribution in [0.2, 0.25) is 0 Å². The van der Waals surface area contributed by atoms with Gasteiger partial charge in [0.2, 0.25) is 0 Å². The van der Waals surface area contributed by atoms with Crippen molar-refractivity contribution in [2.24, 2.45) is 0 Å². The lowest BCUT2D eigenvalue weighted by atomic mass is 10.1. The van der Waals surface area contributed by atoms with Gasteiger partial charge in [-0.3, -0.25) is 0 Å². The van der Waals surface area contributed by atoms with Crippen molar-refractivity contribution in [2.75, 3.05) is 19.4 Å². The average molecular weight is 330 g/mol. The molecule has 100 valence electrons. The third-order valence-corrected chi connectivity index (χ3v) is 5.46. The minimum atomic E-state index is 0.388. The highest BCUT2D eigenvalue weighted by molar-refractivity contribution is 9.10. The van der Waals surface area contributed by atoms with Crippen LogP contribution in [0.1, 0.15) is 31.4 Å². The highest BCUT2D eigenvalue weighted by atomic mass is 79.9. The van der Waals surface area contributed by atoms with Gasteiger partial charge in [-0.15, -0.1) is 11.8 Å². The number of rotatable bonds is 5. The second-order valence-electron chi connectivity index (χ2n) is 4.65. The average Bonchev–Trinajstić information content (AvgIpc) is 2.89. The third kappa shape index (κ3) is 3.73. The standard InChI is InChI=1S/C14H20BrNOS/c1-10(16-2)11-5-6-14(13(15)8-11)18-9-12-4-3-7-17-12/h5-6,8,10,12,16H,3-4,7,9H2,1-2H3. The Bertz CT molecular complexity index is 393. The van der Waals surface area contributed by atoms with Gasteiger partial charge in [0.25, 0.3) is 0 Å². The highest BCUT2D eigenvalue weighted by Crippen LogP contribution is 2.32. The molecule has 0 bridgehead atoms. The van der Waals surface area contributed by atoms with Gasteiger partial charge in [0.05, 0.1) is 6.10 Å². The zero-order chi connectivity index (χ0) is 13.0. The van der Waals surface area contributed by atoms with E-state index >= 15 is 0 Å². The number of ether oxygens (including phenoxy) is 1. The van der Waals surface area contributed by atoms with Gasteiger partial charge in [-0.2, -0.15) is 0 Å². The fourth-order valence-corrected chi connectivity index (χ4v) is 3.76. The molecule has 0 saturated carbocycles. The van der Waals surface area contributed by atoms with Crippen LogP contribution in [-0.4, -0.2) is 25.5 Å². The normalized spacial score (nSPS) is 21.2. The van der Waals surface area contributed by atoms with Crippen molar-refractivity contribution in [3.8, 4) is 0 Å². The number of nitrogens with one attached hydrogen (secondary N) is 1. The molecule has 2 nitrogen and oxygen atoms in total. The smallest absolute Gasteiger partial charge is 0.0669 e. The van der Waals surface area contributed by atoms with Crippen molar-refractivity contribution in [1.82, 2.24) is 5.32 Å². The maximum absolute atomic E-state index is 5.65. The van der Waals surface area contributed by atoms with E-state index in [1.54, 1.807) is 0 Å². The van der Waals surface area contributed by atoms with Crippen molar-refractivity contribution in [3.05, 3.63) is 28.2 Å². The molecule has 1 aliphatic rings. The zero-order valence-corrected chi connectivity index (χ0v) is 13.3. The van der Waals surface area contributed by atoms with E-state index in [0.29, 0.717) is 12.1 Å². The Kier molecular flexibility index (Phi) is 5.55. The molecule has 1 heterocycles. The molecule has 0 amide bonds. The summed E-state index contributed by atoms with van der Waals surface area (Å²) in [5, 5.41) is 3.26. The van der Waals surface area contributed by atoms with E-state index in [-0.39, 0.29) is 0 Å². The van der Waals surface area contributed by atoms with E-state index in [0.717, 1.165) is 12.4 Å². The highest BCUT2D eigenvalue weighted by Gasteiger charge is 2.16. The lowest BCUT2D eigenvalue weighted by Crippen LogP contribution is -2.12. The van der Waals surface area contributed by atoms with Crippen LogP contribution >= 0.6 is 27.7 Å². The summed E-state index contributed by atoms with van der Waals surface area (Å²) >= 11 is 5.54. The molecule has 1 aliphatic heterocycles. The molecule has 0 radical (unpaired) electrons. The molecule has 0 aliphatic carbocycles. The lowest BCUT2D eigenvalue weighted by Gasteiger charge is -2.14. The Morgan fingerprint density at radius 3 is 3.00 bits per heavy atom. The Balaban J connectivity index is 1.96. The number of thioether (sulfide) groups is 1. The zero-order valence-electron chi connectivity index (χ0n) is 10.9. The molecule has 1 fully saturated rings. The summed E-state index contributed by atoms with van der Waals surface area (Å²) in [5.74, 6) is 1.06. The third-order valence-electron chi connectivity index (χ3n) is 3.34. The second kappa shape index (κ2) is 6.94. The topological polar surface area (TPSA) is 21.3 Å². The predicted octanol–water partition coefficient (Wildman–Crippen LogP) is 4.00. The van der Waals surface area contributed by atoms with Gasteiger partial charge >= 0.3 is 0 Å². The largest absolute Gasteiger partial charge is 0.377 e. The van der Waals surface area contributed by atoms with Crippen LogP contribution in [0.25, 0.3) is 0 Å². The molecule has 2 unspecified atom stereocenters. The minimum absolute atomic E-state index is 0.388. The van der Waals surface area contributed by atoms with E-state index in [2.05, 4.69) is 46.4 Å². The molecule has 1 N–H and O–H groups in total. The van der Waals surface area contributed by atoms with Crippen LogP contribution in [0.5, 0.6) is 0 Å². The molecule has 18 heavy (non-hydrogen) atoms. The van der Waals surface area contributed by atoms with E-state index in [4.69, 9.17) is 4.74 Å². The van der Waals surface area contributed by atoms with Crippen LogP contribution < -0.4 is 5.32 Å². The molecule has 2 rings (SSSR count). The van der Waals surface area contributed by atoms with Crippen LogP contribution in [0, 0.1) is 0 Å². The summed E-state index contributed by atoms with van der Waals surface area (Å²) < 4.78 is 6.83. The molecular weight excluding hydrogens is 310 g/mol. The SMILES string of the molecule is CNC(C)c1ccc(SCC2CCCO2)c(Br)c1. The lowest BCUT2D eigenvalue weighted by molar-refractivity contribution is 0.129. The van der Waals surface area contributed by atoms with Crippen molar-refractivity contribution in [2.45, 2.75) is 36.8 Å². The van der Waals surface area contributed by atoms with Gasteiger partial charge in [0.15, 0.2) is 0 Å². The molecule has 1 aromatic rings. The Labute approximate surface area is 122 Å². The maximum Gasteiger partial charge on any atom is 0.0669 e. The summed E-state index contributed by atoms with van der Waals surface area (Å²) in [7, 11) is 1.98. The van der Waals surface area contributed by atoms with Crippen LogP contribution in [-0.2, 0) is 4.74 Å². The summed E-state index contributed by atoms with van der Waals surface area (Å²) in [4.78, 5) is 1.30. The first-order valence-electron chi connectivity index (χ1n) is 6.42. The van der Waals surface area contributed by atoms with Gasteiger partial charge < -0.3 is 10.1 Å². The predicted molar refractivity (Wildman–Crippen MR) is 81.3 cm³/mol. The van der Waals surface area contributed by atoms with Crippen LogP contribution in [0.15, 0.2) is 27.6 Å². The minimum Gasteiger partial charge on any atom is -0.377 e. The quantitative estimate of drug-likeness (QED) is 0.825. The van der Waals surface area contributed by atoms with Gasteiger partial charge in [0.1, 0.15) is 0 Å². The van der Waals surface area contributed by atoms with E-state index in [1.807, 2.05) is 18.8 Å². The Hall–Kier alpha value is -0.0300. The summed E-state index contributed by atoms with van der Waals surface area (Å²) in [6.07, 6.45) is 2.86. The van der Waals surface area contributed by atoms with Crippen molar-refractivity contribution >= 4 is 27.7 Å². The molecular formula is C14H20BrNOS. The van der Waals surface area contributed by atoms with Crippen LogP contribution in [0.4, 0.5) is 0 Å². The summed E-state index contributed by atoms with van der Waals surface area (Å²) in [5.41, 5.74) is 1.31. The second-order valence-corrected chi connectivity index (χ2v) is 6.56. The van der Waals surface area contributed by atoms with Gasteiger partial charge in [0, 0.05) is 27.8 Å². The first-order chi connectivity index (χ1) is 8.70.